The van der Waals surface area contributed by atoms with Crippen molar-refractivity contribution in [1.29, 1.82) is 0 Å². The largest absolute Gasteiger partial charge is 0.418 e. The van der Waals surface area contributed by atoms with Crippen molar-refractivity contribution in [1.82, 2.24) is 0 Å². The quantitative estimate of drug-likeness (QED) is 0.419. The molecule has 4 nitrogen and oxygen atoms in total. The maximum absolute atomic E-state index is 10.5. The zero-order valence-corrected chi connectivity index (χ0v) is 6.51. The Morgan fingerprint density at radius 1 is 1.50 bits per heavy atom. The van der Waals surface area contributed by atoms with Crippen LogP contribution in [0.2, 0.25) is 0 Å². The lowest BCUT2D eigenvalue weighted by Gasteiger charge is -1.97. The summed E-state index contributed by atoms with van der Waals surface area (Å²) in [6, 6.07) is 0. The lowest BCUT2D eigenvalue weighted by atomic mass is 10.2. The van der Waals surface area contributed by atoms with Gasteiger partial charge in [-0.1, -0.05) is 13.8 Å². The molecule has 0 bridgehead atoms. The molecular weight excluding hydrogens is 156 g/mol. The van der Waals surface area contributed by atoms with Crippen molar-refractivity contribution < 1.29 is 17.9 Å². The monoisotopic (exact) mass is 164 g/mol. The lowest BCUT2D eigenvalue weighted by molar-refractivity contribution is -0.138. The molecule has 0 spiro atoms. The van der Waals surface area contributed by atoms with E-state index < -0.39 is 16.3 Å². The minimum Gasteiger partial charge on any atom is -0.418 e. The minimum absolute atomic E-state index is 0.306. The summed E-state index contributed by atoms with van der Waals surface area (Å²) in [5.74, 6) is -0.857. The molecule has 0 rings (SSSR count). The number of carbonyl (C=O) groups excluding carboxylic acids is 1. The van der Waals surface area contributed by atoms with Gasteiger partial charge >= 0.3 is 5.97 Å². The fourth-order valence-electron chi connectivity index (χ4n) is 0.223. The van der Waals surface area contributed by atoms with Crippen molar-refractivity contribution in [3.63, 3.8) is 0 Å². The Morgan fingerprint density at radius 3 is 2.30 bits per heavy atom. The number of hydrogen-bond acceptors (Lipinski definition) is 4. The van der Waals surface area contributed by atoms with Crippen molar-refractivity contribution in [3.8, 4) is 0 Å². The van der Waals surface area contributed by atoms with Gasteiger partial charge in [0.2, 0.25) is 15.8 Å². The first-order chi connectivity index (χ1) is 4.54. The number of carbonyl (C=O) groups is 1. The molecule has 0 saturated carbocycles. The first-order valence-corrected chi connectivity index (χ1v) is 3.79. The Bertz CT molecular complexity index is 228. The smallest absolute Gasteiger partial charge is 0.314 e. The van der Waals surface area contributed by atoms with Gasteiger partial charge in [-0.05, 0) is 0 Å². The highest BCUT2D eigenvalue weighted by molar-refractivity contribution is 7.71. The van der Waals surface area contributed by atoms with E-state index in [1.807, 2.05) is 0 Å². The predicted molar refractivity (Wildman–Crippen MR) is 35.9 cm³/mol. The van der Waals surface area contributed by atoms with E-state index in [0.717, 1.165) is 0 Å². The Kier molecular flexibility index (Phi) is 3.71. The molecule has 0 fully saturated rings. The standard InChI is InChI=1S/C5H8O4S/c1-4(2)5(6)9-3-10(7)8/h3-4H,1-2H3. The zero-order valence-electron chi connectivity index (χ0n) is 5.70. The van der Waals surface area contributed by atoms with Crippen LogP contribution in [0.3, 0.4) is 0 Å². The van der Waals surface area contributed by atoms with Crippen molar-refractivity contribution in [3.05, 3.63) is 0 Å². The van der Waals surface area contributed by atoms with E-state index in [0.29, 0.717) is 5.55 Å². The molecule has 5 heteroatoms. The Morgan fingerprint density at radius 2 is 2.00 bits per heavy atom. The SMILES string of the molecule is CC(C)C(=O)OC=S(=O)=O. The van der Waals surface area contributed by atoms with E-state index in [9.17, 15) is 13.2 Å². The van der Waals surface area contributed by atoms with Crippen molar-refractivity contribution >= 4 is 21.8 Å². The van der Waals surface area contributed by atoms with Crippen LogP contribution in [0.5, 0.6) is 0 Å². The number of hydrogen-bond donors (Lipinski definition) is 0. The molecule has 0 N–H and O–H groups in total. The van der Waals surface area contributed by atoms with Crippen LogP contribution >= 0.6 is 0 Å². The van der Waals surface area contributed by atoms with Gasteiger partial charge in [0.05, 0.1) is 5.92 Å². The van der Waals surface area contributed by atoms with Crippen LogP contribution in [-0.2, 0) is 19.8 Å². The van der Waals surface area contributed by atoms with Crippen LogP contribution in [-0.4, -0.2) is 19.9 Å². The Balaban J connectivity index is 3.95. The van der Waals surface area contributed by atoms with Gasteiger partial charge in [0.15, 0.2) is 0 Å². The molecule has 0 saturated heterocycles. The fourth-order valence-corrected chi connectivity index (χ4v) is 0.396. The average Bonchev–Trinajstić information content (AvgIpc) is 1.82. The van der Waals surface area contributed by atoms with Gasteiger partial charge in [-0.15, -0.1) is 0 Å². The van der Waals surface area contributed by atoms with E-state index in [1.54, 1.807) is 13.8 Å². The van der Waals surface area contributed by atoms with Crippen LogP contribution in [0.25, 0.3) is 0 Å². The summed E-state index contributed by atoms with van der Waals surface area (Å²) in [6.07, 6.45) is 0. The first kappa shape index (κ1) is 9.16. The van der Waals surface area contributed by atoms with E-state index in [2.05, 4.69) is 4.74 Å². The van der Waals surface area contributed by atoms with Gasteiger partial charge in [-0.25, -0.2) is 0 Å². The second kappa shape index (κ2) is 4.05. The molecule has 0 heterocycles. The van der Waals surface area contributed by atoms with Crippen LogP contribution in [0, 0.1) is 5.92 Å². The third-order valence-corrected chi connectivity index (χ3v) is 0.968. The normalized spacial score (nSPS) is 9.10. The second-order valence-corrected chi connectivity index (χ2v) is 2.66. The van der Waals surface area contributed by atoms with E-state index in [4.69, 9.17) is 0 Å². The number of esters is 1. The topological polar surface area (TPSA) is 60.4 Å². The Hall–Kier alpha value is -0.840. The summed E-state index contributed by atoms with van der Waals surface area (Å²) in [4.78, 5) is 10.5. The summed E-state index contributed by atoms with van der Waals surface area (Å²) in [7, 11) is -2.42. The molecule has 0 amide bonds. The summed E-state index contributed by atoms with van der Waals surface area (Å²) >= 11 is 0. The van der Waals surface area contributed by atoms with E-state index >= 15 is 0 Å². The van der Waals surface area contributed by atoms with Gasteiger partial charge < -0.3 is 4.74 Å². The van der Waals surface area contributed by atoms with Crippen molar-refractivity contribution in [2.75, 3.05) is 0 Å². The molecule has 0 aromatic carbocycles. The summed E-state index contributed by atoms with van der Waals surface area (Å²) in [6.45, 7) is 3.23. The maximum Gasteiger partial charge on any atom is 0.314 e. The van der Waals surface area contributed by atoms with Crippen molar-refractivity contribution in [2.24, 2.45) is 5.92 Å². The molecule has 0 radical (unpaired) electrons. The first-order valence-electron chi connectivity index (χ1n) is 2.66. The van der Waals surface area contributed by atoms with E-state index in [1.165, 1.54) is 0 Å². The maximum atomic E-state index is 10.5. The molecule has 0 atom stereocenters. The predicted octanol–water partition coefficient (Wildman–Crippen LogP) is -0.176. The zero-order chi connectivity index (χ0) is 8.15. The van der Waals surface area contributed by atoms with Crippen LogP contribution in [0.15, 0.2) is 0 Å². The highest BCUT2D eigenvalue weighted by atomic mass is 32.2. The molecule has 0 aliphatic heterocycles. The minimum atomic E-state index is -2.42. The fraction of sp³-hybridized carbons (Fsp3) is 0.600. The highest BCUT2D eigenvalue weighted by Crippen LogP contribution is 1.92. The molecule has 0 aliphatic rings. The molecule has 58 valence electrons. The Labute approximate surface area is 60.3 Å². The number of rotatable bonds is 2. The van der Waals surface area contributed by atoms with Gasteiger partial charge in [0.1, 0.15) is 0 Å². The number of ether oxygens (including phenoxy) is 1. The van der Waals surface area contributed by atoms with Crippen LogP contribution in [0.1, 0.15) is 13.8 Å². The average molecular weight is 164 g/mol. The molecule has 0 unspecified atom stereocenters. The van der Waals surface area contributed by atoms with Gasteiger partial charge in [-0.3, -0.25) is 4.79 Å². The molecule has 0 aromatic heterocycles. The van der Waals surface area contributed by atoms with Gasteiger partial charge in [0.25, 0.3) is 0 Å². The summed E-state index contributed by atoms with van der Waals surface area (Å²) in [5.41, 5.74) is 0.475. The van der Waals surface area contributed by atoms with E-state index in [-0.39, 0.29) is 5.92 Å². The van der Waals surface area contributed by atoms with Crippen LogP contribution in [0.4, 0.5) is 0 Å². The third kappa shape index (κ3) is 4.08. The highest BCUT2D eigenvalue weighted by Gasteiger charge is 2.05. The molecule has 0 aliphatic carbocycles. The molecule has 10 heavy (non-hydrogen) atoms. The lowest BCUT2D eigenvalue weighted by Crippen LogP contribution is -2.10. The molecule has 0 aromatic rings. The van der Waals surface area contributed by atoms with Gasteiger partial charge in [0, 0.05) is 0 Å². The molecular formula is C5H8O4S. The van der Waals surface area contributed by atoms with Crippen LogP contribution < -0.4 is 0 Å². The third-order valence-electron chi connectivity index (χ3n) is 0.714. The summed E-state index contributed by atoms with van der Waals surface area (Å²) in [5, 5.41) is 0. The van der Waals surface area contributed by atoms with Crippen molar-refractivity contribution in [2.45, 2.75) is 13.8 Å². The van der Waals surface area contributed by atoms with Gasteiger partial charge in [-0.2, -0.15) is 8.42 Å². The summed E-state index contributed by atoms with van der Waals surface area (Å²) < 4.78 is 23.8. The second-order valence-electron chi connectivity index (χ2n) is 1.95.